The van der Waals surface area contributed by atoms with Crippen molar-refractivity contribution in [3.63, 3.8) is 0 Å². The van der Waals surface area contributed by atoms with E-state index in [4.69, 9.17) is 4.74 Å². The number of nitrogens with zero attached hydrogens (tertiary/aromatic N) is 2. The number of anilines is 1. The number of morpholine rings is 1. The summed E-state index contributed by atoms with van der Waals surface area (Å²) in [6.07, 6.45) is 1.06. The fraction of sp³-hybridized carbons (Fsp3) is 0.533. The van der Waals surface area contributed by atoms with Gasteiger partial charge in [0.2, 0.25) is 0 Å². The molecule has 1 unspecified atom stereocenters. The molecule has 1 atom stereocenters. The van der Waals surface area contributed by atoms with Gasteiger partial charge < -0.3 is 15.0 Å². The monoisotopic (exact) mass is 275 g/mol. The minimum atomic E-state index is 0.00644. The Morgan fingerprint density at radius 1 is 1.15 bits per heavy atom. The first-order valence-electron chi connectivity index (χ1n) is 7.26. The van der Waals surface area contributed by atoms with Gasteiger partial charge in [0.1, 0.15) is 0 Å². The number of urea groups is 1. The summed E-state index contributed by atoms with van der Waals surface area (Å²) in [6, 6.07) is 10.1. The number of benzene rings is 1. The van der Waals surface area contributed by atoms with Gasteiger partial charge in [-0.25, -0.2) is 4.79 Å². The molecule has 0 aromatic heterocycles. The van der Waals surface area contributed by atoms with Crippen molar-refractivity contribution >= 4 is 11.7 Å². The topological polar surface area (TPSA) is 44.8 Å². The van der Waals surface area contributed by atoms with Crippen molar-refractivity contribution in [3.05, 3.63) is 30.3 Å². The third-order valence-electron chi connectivity index (χ3n) is 4.04. The molecule has 2 amide bonds. The maximum absolute atomic E-state index is 12.2. The van der Waals surface area contributed by atoms with Gasteiger partial charge in [0.15, 0.2) is 0 Å². The first-order valence-corrected chi connectivity index (χ1v) is 7.26. The normalized spacial score (nSPS) is 23.8. The fourth-order valence-electron chi connectivity index (χ4n) is 2.89. The Morgan fingerprint density at radius 3 is 2.65 bits per heavy atom. The number of hydrogen-bond donors (Lipinski definition) is 1. The van der Waals surface area contributed by atoms with Gasteiger partial charge in [0.05, 0.1) is 13.2 Å². The summed E-state index contributed by atoms with van der Waals surface area (Å²) < 4.78 is 5.38. The Balaban J connectivity index is 1.52. The number of carbonyl (C=O) groups excluding carboxylic acids is 1. The highest BCUT2D eigenvalue weighted by Gasteiger charge is 2.31. The predicted octanol–water partition coefficient (Wildman–Crippen LogP) is 1.62. The third kappa shape index (κ3) is 3.11. The van der Waals surface area contributed by atoms with Crippen molar-refractivity contribution in [1.29, 1.82) is 0 Å². The molecule has 3 rings (SSSR count). The Hall–Kier alpha value is -1.59. The number of para-hydroxylation sites is 1. The smallest absolute Gasteiger partial charge is 0.321 e. The van der Waals surface area contributed by atoms with Gasteiger partial charge in [-0.1, -0.05) is 18.2 Å². The molecule has 2 aliphatic heterocycles. The standard InChI is InChI=1S/C15H21N3O2/c19-15(16-13-4-2-1-3-5-13)18-7-6-14(12-18)17-8-10-20-11-9-17/h1-5,14H,6-12H2,(H,16,19). The molecule has 0 bridgehead atoms. The van der Waals surface area contributed by atoms with E-state index in [2.05, 4.69) is 10.2 Å². The Morgan fingerprint density at radius 2 is 1.90 bits per heavy atom. The minimum absolute atomic E-state index is 0.00644. The van der Waals surface area contributed by atoms with E-state index in [1.165, 1.54) is 0 Å². The number of carbonyl (C=O) groups is 1. The van der Waals surface area contributed by atoms with Crippen LogP contribution in [0.2, 0.25) is 0 Å². The summed E-state index contributed by atoms with van der Waals surface area (Å²) in [5.41, 5.74) is 0.854. The Labute approximate surface area is 119 Å². The zero-order valence-corrected chi connectivity index (χ0v) is 11.6. The number of nitrogens with one attached hydrogen (secondary N) is 1. The first kappa shape index (κ1) is 13.4. The van der Waals surface area contributed by atoms with Crippen molar-refractivity contribution in [3.8, 4) is 0 Å². The molecule has 0 aliphatic carbocycles. The molecule has 108 valence electrons. The molecule has 1 aromatic carbocycles. The van der Waals surface area contributed by atoms with Gasteiger partial charge in [-0.3, -0.25) is 4.90 Å². The van der Waals surface area contributed by atoms with E-state index < -0.39 is 0 Å². The fourth-order valence-corrected chi connectivity index (χ4v) is 2.89. The van der Waals surface area contributed by atoms with Crippen molar-refractivity contribution < 1.29 is 9.53 Å². The van der Waals surface area contributed by atoms with Gasteiger partial charge in [0, 0.05) is 37.9 Å². The molecule has 2 fully saturated rings. The maximum Gasteiger partial charge on any atom is 0.321 e. The van der Waals surface area contributed by atoms with Crippen molar-refractivity contribution in [2.45, 2.75) is 12.5 Å². The summed E-state index contributed by atoms with van der Waals surface area (Å²) in [5, 5.41) is 2.95. The van der Waals surface area contributed by atoms with E-state index in [0.717, 1.165) is 51.5 Å². The molecule has 2 heterocycles. The Kier molecular flexibility index (Phi) is 4.18. The summed E-state index contributed by atoms with van der Waals surface area (Å²) in [7, 11) is 0. The van der Waals surface area contributed by atoms with Crippen molar-refractivity contribution in [2.24, 2.45) is 0 Å². The van der Waals surface area contributed by atoms with Gasteiger partial charge in [-0.05, 0) is 18.6 Å². The predicted molar refractivity (Wildman–Crippen MR) is 77.8 cm³/mol. The van der Waals surface area contributed by atoms with E-state index in [1.807, 2.05) is 35.2 Å². The molecule has 1 N–H and O–H groups in total. The van der Waals surface area contributed by atoms with Gasteiger partial charge in [-0.15, -0.1) is 0 Å². The number of amides is 2. The molecule has 2 aliphatic rings. The van der Waals surface area contributed by atoms with E-state index >= 15 is 0 Å². The third-order valence-corrected chi connectivity index (χ3v) is 4.04. The summed E-state index contributed by atoms with van der Waals surface area (Å²) in [4.78, 5) is 16.6. The van der Waals surface area contributed by atoms with Crippen molar-refractivity contribution in [2.75, 3.05) is 44.7 Å². The molecular formula is C15H21N3O2. The lowest BCUT2D eigenvalue weighted by atomic mass is 10.2. The van der Waals surface area contributed by atoms with Crippen LogP contribution in [0.25, 0.3) is 0 Å². The minimum Gasteiger partial charge on any atom is -0.379 e. The Bertz CT molecular complexity index is 446. The quantitative estimate of drug-likeness (QED) is 0.892. The molecule has 2 saturated heterocycles. The van der Waals surface area contributed by atoms with Gasteiger partial charge in [0.25, 0.3) is 0 Å². The molecule has 1 aromatic rings. The molecule has 20 heavy (non-hydrogen) atoms. The van der Waals surface area contributed by atoms with E-state index in [1.54, 1.807) is 0 Å². The SMILES string of the molecule is O=C(Nc1ccccc1)N1CCC(N2CCOCC2)C1. The van der Waals surface area contributed by atoms with E-state index in [9.17, 15) is 4.79 Å². The van der Waals surface area contributed by atoms with Gasteiger partial charge in [-0.2, -0.15) is 0 Å². The lowest BCUT2D eigenvalue weighted by Crippen LogP contribution is -2.45. The lowest BCUT2D eigenvalue weighted by Gasteiger charge is -2.32. The van der Waals surface area contributed by atoms with Crippen LogP contribution in [0.5, 0.6) is 0 Å². The van der Waals surface area contributed by atoms with Crippen LogP contribution in [0.3, 0.4) is 0 Å². The molecular weight excluding hydrogens is 254 g/mol. The molecule has 0 spiro atoms. The molecule has 5 nitrogen and oxygen atoms in total. The average molecular weight is 275 g/mol. The van der Waals surface area contributed by atoms with Crippen LogP contribution in [0.15, 0.2) is 30.3 Å². The number of ether oxygens (including phenoxy) is 1. The van der Waals surface area contributed by atoms with Crippen LogP contribution >= 0.6 is 0 Å². The van der Waals surface area contributed by atoms with E-state index in [-0.39, 0.29) is 6.03 Å². The van der Waals surface area contributed by atoms with Crippen molar-refractivity contribution in [1.82, 2.24) is 9.80 Å². The second kappa shape index (κ2) is 6.24. The maximum atomic E-state index is 12.2. The highest BCUT2D eigenvalue weighted by atomic mass is 16.5. The zero-order valence-electron chi connectivity index (χ0n) is 11.6. The molecule has 0 saturated carbocycles. The van der Waals surface area contributed by atoms with E-state index in [0.29, 0.717) is 6.04 Å². The van der Waals surface area contributed by atoms with Crippen LogP contribution < -0.4 is 5.32 Å². The van der Waals surface area contributed by atoms with Gasteiger partial charge >= 0.3 is 6.03 Å². The largest absolute Gasteiger partial charge is 0.379 e. The highest BCUT2D eigenvalue weighted by molar-refractivity contribution is 5.89. The average Bonchev–Trinajstić information content (AvgIpc) is 2.99. The zero-order chi connectivity index (χ0) is 13.8. The highest BCUT2D eigenvalue weighted by Crippen LogP contribution is 2.18. The van der Waals surface area contributed by atoms with Crippen LogP contribution in [0, 0.1) is 0 Å². The van der Waals surface area contributed by atoms with Crippen LogP contribution in [-0.2, 0) is 4.74 Å². The summed E-state index contributed by atoms with van der Waals surface area (Å²) in [5.74, 6) is 0. The second-order valence-corrected chi connectivity index (χ2v) is 5.33. The molecule has 5 heteroatoms. The first-order chi connectivity index (χ1) is 9.83. The summed E-state index contributed by atoms with van der Waals surface area (Å²) in [6.45, 7) is 5.25. The number of hydrogen-bond acceptors (Lipinski definition) is 3. The van der Waals surface area contributed by atoms with Crippen LogP contribution in [0.1, 0.15) is 6.42 Å². The van der Waals surface area contributed by atoms with Crippen LogP contribution in [0.4, 0.5) is 10.5 Å². The molecule has 0 radical (unpaired) electrons. The number of likely N-dealkylation sites (tertiary alicyclic amines) is 1. The summed E-state index contributed by atoms with van der Waals surface area (Å²) >= 11 is 0. The second-order valence-electron chi connectivity index (χ2n) is 5.33. The van der Waals surface area contributed by atoms with Crippen LogP contribution in [-0.4, -0.2) is 61.3 Å². The number of rotatable bonds is 2. The lowest BCUT2D eigenvalue weighted by molar-refractivity contribution is 0.0192.